The Balaban J connectivity index is 1.36. The fourth-order valence-corrected chi connectivity index (χ4v) is 3.64. The van der Waals surface area contributed by atoms with Crippen LogP contribution in [0.5, 0.6) is 5.75 Å². The maximum Gasteiger partial charge on any atom is 0.282 e. The van der Waals surface area contributed by atoms with Gasteiger partial charge in [-0.1, -0.05) is 60.7 Å². The second kappa shape index (κ2) is 9.83. The zero-order valence-corrected chi connectivity index (χ0v) is 18.3. The molecule has 1 aromatic heterocycles. The summed E-state index contributed by atoms with van der Waals surface area (Å²) in [4.78, 5) is 16.8. The fourth-order valence-electron chi connectivity index (χ4n) is 3.64. The first-order valence-corrected chi connectivity index (χ1v) is 10.9. The van der Waals surface area contributed by atoms with E-state index in [0.717, 1.165) is 28.1 Å². The molecule has 0 saturated heterocycles. The highest BCUT2D eigenvalue weighted by molar-refractivity contribution is 5.82. The first-order valence-electron chi connectivity index (χ1n) is 10.9. The van der Waals surface area contributed by atoms with E-state index < -0.39 is 0 Å². The molecule has 0 radical (unpaired) electrons. The van der Waals surface area contributed by atoms with Gasteiger partial charge in [0.2, 0.25) is 5.95 Å². The van der Waals surface area contributed by atoms with Crippen LogP contribution < -0.4 is 15.7 Å². The molecule has 5 rings (SSSR count). The quantitative estimate of drug-likeness (QED) is 0.268. The smallest absolute Gasteiger partial charge is 0.282 e. The average molecular weight is 447 g/mol. The van der Waals surface area contributed by atoms with Gasteiger partial charge in [-0.15, -0.1) is 0 Å². The Morgan fingerprint density at radius 2 is 1.50 bits per heavy atom. The number of hydrogen-bond acceptors (Lipinski definition) is 5. The molecule has 1 heterocycles. The lowest BCUT2D eigenvalue weighted by atomic mass is 10.2. The van der Waals surface area contributed by atoms with Gasteiger partial charge >= 0.3 is 0 Å². The Morgan fingerprint density at radius 1 is 0.824 bits per heavy atom. The van der Waals surface area contributed by atoms with Crippen molar-refractivity contribution in [1.82, 2.24) is 9.55 Å². The number of hydrazone groups is 1. The minimum atomic E-state index is -0.305. The fraction of sp³-hybridized carbons (Fsp3) is 0.0357. The van der Waals surface area contributed by atoms with Crippen LogP contribution in [-0.2, 0) is 6.61 Å². The van der Waals surface area contributed by atoms with Crippen molar-refractivity contribution in [2.75, 3.05) is 5.43 Å². The number of benzene rings is 4. The lowest BCUT2D eigenvalue weighted by Crippen LogP contribution is -2.16. The molecule has 0 spiro atoms. The maximum absolute atomic E-state index is 12.6. The highest BCUT2D eigenvalue weighted by Crippen LogP contribution is 2.20. The summed E-state index contributed by atoms with van der Waals surface area (Å²) in [7, 11) is 0. The molecule has 34 heavy (non-hydrogen) atoms. The number of para-hydroxylation sites is 2. The van der Waals surface area contributed by atoms with Gasteiger partial charge in [0.15, 0.2) is 0 Å². The van der Waals surface area contributed by atoms with Crippen LogP contribution >= 0.6 is 0 Å². The molecule has 0 amide bonds. The number of ether oxygens (including phenoxy) is 1. The van der Waals surface area contributed by atoms with Crippen molar-refractivity contribution in [3.8, 4) is 11.4 Å². The highest BCUT2D eigenvalue weighted by atomic mass is 16.5. The Labute approximate surface area is 196 Å². The number of nitrogens with zero attached hydrogens (tertiary/aromatic N) is 3. The third-order valence-electron chi connectivity index (χ3n) is 5.32. The van der Waals surface area contributed by atoms with Crippen LogP contribution in [0.2, 0.25) is 0 Å². The van der Waals surface area contributed by atoms with Crippen molar-refractivity contribution in [2.24, 2.45) is 5.10 Å². The monoisotopic (exact) mass is 446 g/mol. The van der Waals surface area contributed by atoms with Crippen molar-refractivity contribution in [3.05, 3.63) is 131 Å². The molecular weight excluding hydrogens is 424 g/mol. The maximum atomic E-state index is 12.6. The van der Waals surface area contributed by atoms with Gasteiger partial charge in [0.05, 0.1) is 17.1 Å². The summed E-state index contributed by atoms with van der Waals surface area (Å²) in [6.45, 7) is 0.514. The lowest BCUT2D eigenvalue weighted by molar-refractivity contribution is 0.306. The van der Waals surface area contributed by atoms with Crippen molar-refractivity contribution in [2.45, 2.75) is 6.61 Å². The summed E-state index contributed by atoms with van der Waals surface area (Å²) in [5.74, 6) is 1.12. The van der Waals surface area contributed by atoms with E-state index in [1.165, 1.54) is 0 Å². The summed E-state index contributed by atoms with van der Waals surface area (Å²) in [6, 6.07) is 34.8. The molecule has 0 atom stereocenters. The van der Waals surface area contributed by atoms with E-state index in [2.05, 4.69) is 15.5 Å². The minimum Gasteiger partial charge on any atom is -0.489 e. The van der Waals surface area contributed by atoms with E-state index in [0.29, 0.717) is 17.9 Å². The predicted octanol–water partition coefficient (Wildman–Crippen LogP) is 5.41. The number of nitrogens with one attached hydrogen (secondary N) is 1. The van der Waals surface area contributed by atoms with Crippen molar-refractivity contribution in [1.29, 1.82) is 0 Å². The van der Waals surface area contributed by atoms with Crippen LogP contribution in [0.25, 0.3) is 16.6 Å². The number of hydrogen-bond donors (Lipinski definition) is 1. The van der Waals surface area contributed by atoms with Gasteiger partial charge in [0, 0.05) is 5.69 Å². The van der Waals surface area contributed by atoms with E-state index in [-0.39, 0.29) is 5.56 Å². The van der Waals surface area contributed by atoms with Gasteiger partial charge in [-0.05, 0) is 59.7 Å². The molecule has 6 heteroatoms. The molecule has 0 aliphatic rings. The Hall–Kier alpha value is -4.71. The van der Waals surface area contributed by atoms with Crippen molar-refractivity contribution >= 4 is 23.1 Å². The van der Waals surface area contributed by atoms with E-state index in [4.69, 9.17) is 4.74 Å². The van der Waals surface area contributed by atoms with Gasteiger partial charge in [-0.25, -0.2) is 5.43 Å². The van der Waals surface area contributed by atoms with Crippen LogP contribution in [-0.4, -0.2) is 15.8 Å². The molecule has 166 valence electrons. The minimum absolute atomic E-state index is 0.305. The molecule has 4 aromatic carbocycles. The summed E-state index contributed by atoms with van der Waals surface area (Å²) in [5.41, 5.74) is 6.27. The van der Waals surface area contributed by atoms with Crippen LogP contribution in [0, 0.1) is 0 Å². The zero-order valence-electron chi connectivity index (χ0n) is 18.3. The third kappa shape index (κ3) is 4.71. The van der Waals surface area contributed by atoms with Crippen LogP contribution in [0.15, 0.2) is 119 Å². The lowest BCUT2D eigenvalue weighted by Gasteiger charge is -2.15. The second-order valence-corrected chi connectivity index (χ2v) is 7.64. The predicted molar refractivity (Wildman–Crippen MR) is 136 cm³/mol. The molecule has 0 fully saturated rings. The molecular formula is C28H22N4O2. The number of fused-ring (bicyclic) bond motifs is 1. The molecule has 0 unspecified atom stereocenters. The summed E-state index contributed by atoms with van der Waals surface area (Å²) in [6.07, 6.45) is 1.68. The number of aromatic nitrogens is 2. The first kappa shape index (κ1) is 21.2. The standard InChI is InChI=1S/C28H22N4O2/c33-27-25-13-7-8-14-26(25)32(23-11-5-2-6-12-23)28(30-27)31-29-19-21-15-17-24(18-16-21)34-20-22-9-3-1-4-10-22/h1-19H,20H2,(H,30,31,33)/b29-19-. The van der Waals surface area contributed by atoms with Gasteiger partial charge in [-0.3, -0.25) is 9.36 Å². The molecule has 5 aromatic rings. The number of rotatable bonds is 7. The largest absolute Gasteiger partial charge is 0.489 e. The molecule has 6 nitrogen and oxygen atoms in total. The molecule has 0 bridgehead atoms. The SMILES string of the molecule is O=c1nc(N/N=C\c2ccc(OCc3ccccc3)cc2)n(-c2ccccc2)c2ccccc12. The Bertz CT molecular complexity index is 1480. The topological polar surface area (TPSA) is 68.5 Å². The van der Waals surface area contributed by atoms with Gasteiger partial charge < -0.3 is 4.74 Å². The normalized spacial score (nSPS) is 11.1. The zero-order chi connectivity index (χ0) is 23.2. The molecule has 1 N–H and O–H groups in total. The van der Waals surface area contributed by atoms with E-state index in [9.17, 15) is 4.79 Å². The average Bonchev–Trinajstić information content (AvgIpc) is 2.89. The van der Waals surface area contributed by atoms with Gasteiger partial charge in [0.25, 0.3) is 5.56 Å². The van der Waals surface area contributed by atoms with E-state index >= 15 is 0 Å². The Kier molecular flexibility index (Phi) is 6.12. The van der Waals surface area contributed by atoms with Crippen molar-refractivity contribution < 1.29 is 4.74 Å². The van der Waals surface area contributed by atoms with E-state index in [1.54, 1.807) is 12.3 Å². The van der Waals surface area contributed by atoms with Crippen molar-refractivity contribution in [3.63, 3.8) is 0 Å². The Morgan fingerprint density at radius 3 is 2.26 bits per heavy atom. The first-order chi connectivity index (χ1) is 16.8. The van der Waals surface area contributed by atoms with Crippen LogP contribution in [0.1, 0.15) is 11.1 Å². The van der Waals surface area contributed by atoms with Crippen LogP contribution in [0.3, 0.4) is 0 Å². The second-order valence-electron chi connectivity index (χ2n) is 7.64. The summed E-state index contributed by atoms with van der Waals surface area (Å²) < 4.78 is 7.71. The third-order valence-corrected chi connectivity index (χ3v) is 5.32. The molecule has 0 aliphatic heterocycles. The summed E-state index contributed by atoms with van der Waals surface area (Å²) in [5, 5.41) is 4.88. The molecule has 0 aliphatic carbocycles. The summed E-state index contributed by atoms with van der Waals surface area (Å²) >= 11 is 0. The molecule has 0 saturated carbocycles. The van der Waals surface area contributed by atoms with Gasteiger partial charge in [0.1, 0.15) is 12.4 Å². The number of anilines is 1. The van der Waals surface area contributed by atoms with Crippen LogP contribution in [0.4, 0.5) is 5.95 Å². The van der Waals surface area contributed by atoms with E-state index in [1.807, 2.05) is 108 Å². The highest BCUT2D eigenvalue weighted by Gasteiger charge is 2.11. The van der Waals surface area contributed by atoms with Gasteiger partial charge in [-0.2, -0.15) is 10.1 Å².